The number of nitrogens with two attached hydrogens (primary N) is 1. The Balaban J connectivity index is 0.00000220. The number of rotatable bonds is 4. The van der Waals surface area contributed by atoms with Crippen molar-refractivity contribution in [1.29, 1.82) is 0 Å². The SMILES string of the molecule is CO[C@@H]1CC[C@H](C(=O)NCc2ncccc2C)C[C@H]1N.Cl.Cl. The van der Waals surface area contributed by atoms with Crippen LogP contribution in [0.1, 0.15) is 30.5 Å². The van der Waals surface area contributed by atoms with Crippen molar-refractivity contribution in [2.24, 2.45) is 11.7 Å². The van der Waals surface area contributed by atoms with Crippen molar-refractivity contribution >= 4 is 30.7 Å². The van der Waals surface area contributed by atoms with E-state index in [1.165, 1.54) is 0 Å². The highest BCUT2D eigenvalue weighted by Crippen LogP contribution is 2.25. The average Bonchev–Trinajstić information content (AvgIpc) is 2.46. The molecule has 1 heterocycles. The Bertz CT molecular complexity index is 474. The largest absolute Gasteiger partial charge is 0.380 e. The van der Waals surface area contributed by atoms with Crippen molar-refractivity contribution in [1.82, 2.24) is 10.3 Å². The topological polar surface area (TPSA) is 77.2 Å². The molecule has 0 aliphatic heterocycles. The van der Waals surface area contributed by atoms with E-state index in [1.54, 1.807) is 13.3 Å². The van der Waals surface area contributed by atoms with Crippen LogP contribution in [0.2, 0.25) is 0 Å². The Labute approximate surface area is 144 Å². The van der Waals surface area contributed by atoms with E-state index in [0.717, 1.165) is 24.1 Å². The maximum Gasteiger partial charge on any atom is 0.223 e. The van der Waals surface area contributed by atoms with Gasteiger partial charge in [0, 0.05) is 25.3 Å². The Morgan fingerprint density at radius 3 is 2.77 bits per heavy atom. The van der Waals surface area contributed by atoms with Gasteiger partial charge in [-0.25, -0.2) is 0 Å². The van der Waals surface area contributed by atoms with Gasteiger partial charge in [0.1, 0.15) is 0 Å². The minimum absolute atomic E-state index is 0. The van der Waals surface area contributed by atoms with E-state index in [0.29, 0.717) is 13.0 Å². The molecule has 0 spiro atoms. The van der Waals surface area contributed by atoms with Gasteiger partial charge in [-0.3, -0.25) is 9.78 Å². The smallest absolute Gasteiger partial charge is 0.223 e. The van der Waals surface area contributed by atoms with Gasteiger partial charge in [0.2, 0.25) is 5.91 Å². The van der Waals surface area contributed by atoms with Gasteiger partial charge in [0.25, 0.3) is 0 Å². The molecule has 1 saturated carbocycles. The van der Waals surface area contributed by atoms with Crippen LogP contribution in [0.15, 0.2) is 18.3 Å². The molecule has 1 aliphatic rings. The van der Waals surface area contributed by atoms with E-state index in [4.69, 9.17) is 10.5 Å². The molecule has 7 heteroatoms. The van der Waals surface area contributed by atoms with Crippen molar-refractivity contribution in [2.75, 3.05) is 7.11 Å². The molecule has 0 bridgehead atoms. The summed E-state index contributed by atoms with van der Waals surface area (Å²) in [4.78, 5) is 16.5. The normalized spacial score (nSPS) is 23.9. The third kappa shape index (κ3) is 5.39. The number of methoxy groups -OCH3 is 1. The number of hydrogen-bond acceptors (Lipinski definition) is 4. The van der Waals surface area contributed by atoms with E-state index in [2.05, 4.69) is 10.3 Å². The van der Waals surface area contributed by atoms with Crippen molar-refractivity contribution in [3.63, 3.8) is 0 Å². The van der Waals surface area contributed by atoms with E-state index in [-0.39, 0.29) is 48.8 Å². The maximum absolute atomic E-state index is 12.2. The molecule has 2 rings (SSSR count). The minimum atomic E-state index is -0.0545. The van der Waals surface area contributed by atoms with E-state index in [9.17, 15) is 4.79 Å². The quantitative estimate of drug-likeness (QED) is 0.871. The molecule has 22 heavy (non-hydrogen) atoms. The zero-order valence-electron chi connectivity index (χ0n) is 13.0. The summed E-state index contributed by atoms with van der Waals surface area (Å²) in [6.45, 7) is 2.47. The number of carbonyl (C=O) groups is 1. The first-order chi connectivity index (χ1) is 9.61. The van der Waals surface area contributed by atoms with Gasteiger partial charge in [-0.1, -0.05) is 6.07 Å². The second kappa shape index (κ2) is 10.0. The number of nitrogens with one attached hydrogen (secondary N) is 1. The zero-order chi connectivity index (χ0) is 14.5. The Kier molecular flexibility index (Phi) is 9.60. The van der Waals surface area contributed by atoms with Crippen LogP contribution in [0.4, 0.5) is 0 Å². The van der Waals surface area contributed by atoms with Crippen LogP contribution in [0, 0.1) is 12.8 Å². The molecule has 1 aromatic heterocycles. The lowest BCUT2D eigenvalue weighted by Gasteiger charge is -2.32. The summed E-state index contributed by atoms with van der Waals surface area (Å²) in [6, 6.07) is 3.83. The summed E-state index contributed by atoms with van der Waals surface area (Å²) in [5.74, 6) is 0.0560. The molecule has 126 valence electrons. The highest BCUT2D eigenvalue weighted by atomic mass is 35.5. The van der Waals surface area contributed by atoms with Gasteiger partial charge in [-0.05, 0) is 37.8 Å². The monoisotopic (exact) mass is 349 g/mol. The van der Waals surface area contributed by atoms with Crippen LogP contribution in [0.25, 0.3) is 0 Å². The van der Waals surface area contributed by atoms with Crippen LogP contribution in [-0.2, 0) is 16.1 Å². The van der Waals surface area contributed by atoms with Gasteiger partial charge < -0.3 is 15.8 Å². The fourth-order valence-electron chi connectivity index (χ4n) is 2.73. The number of ether oxygens (including phenoxy) is 1. The van der Waals surface area contributed by atoms with Gasteiger partial charge in [-0.15, -0.1) is 24.8 Å². The molecule has 1 amide bonds. The summed E-state index contributed by atoms with van der Waals surface area (Å²) in [6.07, 6.45) is 4.19. The number of aromatic nitrogens is 1. The summed E-state index contributed by atoms with van der Waals surface area (Å²) in [5.41, 5.74) is 8.03. The van der Waals surface area contributed by atoms with Crippen molar-refractivity contribution in [3.05, 3.63) is 29.6 Å². The summed E-state index contributed by atoms with van der Waals surface area (Å²) in [5, 5.41) is 2.97. The Morgan fingerprint density at radius 2 is 2.18 bits per heavy atom. The minimum Gasteiger partial charge on any atom is -0.380 e. The molecule has 0 radical (unpaired) electrons. The molecule has 1 aliphatic carbocycles. The second-order valence-electron chi connectivity index (χ2n) is 5.43. The fourth-order valence-corrected chi connectivity index (χ4v) is 2.73. The highest BCUT2D eigenvalue weighted by molar-refractivity contribution is 5.85. The predicted octanol–water partition coefficient (Wildman–Crippen LogP) is 1.99. The molecule has 1 aromatic rings. The van der Waals surface area contributed by atoms with Crippen molar-refractivity contribution in [3.8, 4) is 0 Å². The van der Waals surface area contributed by atoms with Gasteiger partial charge in [0.05, 0.1) is 18.3 Å². The number of aryl methyl sites for hydroxylation is 1. The number of pyridine rings is 1. The van der Waals surface area contributed by atoms with Crippen molar-refractivity contribution < 1.29 is 9.53 Å². The van der Waals surface area contributed by atoms with Crippen molar-refractivity contribution in [2.45, 2.75) is 44.9 Å². The van der Waals surface area contributed by atoms with E-state index in [1.807, 2.05) is 19.1 Å². The first-order valence-corrected chi connectivity index (χ1v) is 7.08. The zero-order valence-corrected chi connectivity index (χ0v) is 14.6. The third-order valence-electron chi connectivity index (χ3n) is 4.06. The van der Waals surface area contributed by atoms with E-state index < -0.39 is 0 Å². The lowest BCUT2D eigenvalue weighted by Crippen LogP contribution is -2.45. The molecule has 0 unspecified atom stereocenters. The molecular formula is C15H25Cl2N3O2. The molecule has 0 aromatic carbocycles. The number of hydrogen-bond donors (Lipinski definition) is 2. The van der Waals surface area contributed by atoms with Crippen LogP contribution in [-0.4, -0.2) is 30.1 Å². The highest BCUT2D eigenvalue weighted by Gasteiger charge is 2.31. The van der Waals surface area contributed by atoms with Gasteiger partial charge in [-0.2, -0.15) is 0 Å². The standard InChI is InChI=1S/C15H23N3O2.2ClH/c1-10-4-3-7-17-13(10)9-18-15(19)11-5-6-14(20-2)12(16)8-11;;/h3-4,7,11-12,14H,5-6,8-9,16H2,1-2H3,(H,18,19);2*1H/t11-,12+,14+;;/m0../s1. The number of carbonyl (C=O) groups excluding carboxylic acids is 1. The summed E-state index contributed by atoms with van der Waals surface area (Å²) < 4.78 is 5.31. The molecule has 1 fully saturated rings. The number of halogens is 2. The molecule has 3 atom stereocenters. The lowest BCUT2D eigenvalue weighted by molar-refractivity contribution is -0.127. The summed E-state index contributed by atoms with van der Waals surface area (Å²) >= 11 is 0. The fraction of sp³-hybridized carbons (Fsp3) is 0.600. The Morgan fingerprint density at radius 1 is 1.45 bits per heavy atom. The first kappa shape index (κ1) is 21.1. The van der Waals surface area contributed by atoms with Crippen LogP contribution < -0.4 is 11.1 Å². The summed E-state index contributed by atoms with van der Waals surface area (Å²) in [7, 11) is 1.68. The lowest BCUT2D eigenvalue weighted by atomic mass is 9.83. The molecule has 0 saturated heterocycles. The third-order valence-corrected chi connectivity index (χ3v) is 4.06. The predicted molar refractivity (Wildman–Crippen MR) is 91.4 cm³/mol. The van der Waals surface area contributed by atoms with Gasteiger partial charge in [0.15, 0.2) is 0 Å². The molecule has 3 N–H and O–H groups in total. The Hall–Kier alpha value is -0.880. The molecular weight excluding hydrogens is 325 g/mol. The average molecular weight is 350 g/mol. The van der Waals surface area contributed by atoms with Crippen LogP contribution in [0.3, 0.4) is 0 Å². The first-order valence-electron chi connectivity index (χ1n) is 7.08. The molecule has 5 nitrogen and oxygen atoms in total. The second-order valence-corrected chi connectivity index (χ2v) is 5.43. The van der Waals surface area contributed by atoms with E-state index >= 15 is 0 Å². The van der Waals surface area contributed by atoms with Gasteiger partial charge >= 0.3 is 0 Å². The van der Waals surface area contributed by atoms with Crippen LogP contribution in [0.5, 0.6) is 0 Å². The van der Waals surface area contributed by atoms with Crippen LogP contribution >= 0.6 is 24.8 Å². The number of amides is 1. The number of nitrogens with zero attached hydrogens (tertiary/aromatic N) is 1. The maximum atomic E-state index is 12.2.